The molecule has 3 aromatic heterocycles. The van der Waals surface area contributed by atoms with Crippen LogP contribution in [0.3, 0.4) is 0 Å². The Morgan fingerprint density at radius 2 is 1.91 bits per heavy atom. The van der Waals surface area contributed by atoms with Gasteiger partial charge in [-0.2, -0.15) is 13.2 Å². The van der Waals surface area contributed by atoms with Crippen LogP contribution in [0.25, 0.3) is 5.52 Å². The maximum Gasteiger partial charge on any atom is 0.416 e. The van der Waals surface area contributed by atoms with E-state index in [0.29, 0.717) is 16.7 Å². The lowest BCUT2D eigenvalue weighted by Crippen LogP contribution is -2.50. The molecule has 3 unspecified atom stereocenters. The summed E-state index contributed by atoms with van der Waals surface area (Å²) in [6.45, 7) is 1.31. The Labute approximate surface area is 180 Å². The number of likely N-dealkylation sites (N-methyl/N-ethyl adjacent to an activating group) is 1. The molecule has 11 heteroatoms. The van der Waals surface area contributed by atoms with Gasteiger partial charge in [-0.05, 0) is 43.3 Å². The van der Waals surface area contributed by atoms with Crippen molar-refractivity contribution in [2.45, 2.75) is 31.3 Å². The highest BCUT2D eigenvalue weighted by molar-refractivity contribution is 6.10. The molecule has 2 N–H and O–H groups in total. The van der Waals surface area contributed by atoms with Crippen molar-refractivity contribution in [3.05, 3.63) is 60.0 Å². The molecule has 4 rings (SSSR count). The number of halogens is 3. The molecule has 1 fully saturated rings. The Morgan fingerprint density at radius 1 is 1.19 bits per heavy atom. The second-order valence-electron chi connectivity index (χ2n) is 7.57. The van der Waals surface area contributed by atoms with E-state index in [0.717, 1.165) is 16.5 Å². The van der Waals surface area contributed by atoms with Crippen molar-refractivity contribution >= 4 is 28.8 Å². The highest BCUT2D eigenvalue weighted by Crippen LogP contribution is 2.34. The first kappa shape index (κ1) is 21.8. The van der Waals surface area contributed by atoms with Crippen LogP contribution in [-0.2, 0) is 15.8 Å². The summed E-state index contributed by atoms with van der Waals surface area (Å²) in [6.07, 6.45) is -5.16. The number of alkyl halides is 3. The van der Waals surface area contributed by atoms with Crippen molar-refractivity contribution in [1.82, 2.24) is 9.38 Å². The standard InChI is InChI=1S/C21H19F3N4O4/c1-11-8-12(21(22,23)24)9-15(25-11)28-16(17(29)18(30)20(28)32)19(31)26(2)14-6-5-13-4-3-7-27(13)10-14/h3-10,16-18,29-30H,1-2H3. The zero-order valence-electron chi connectivity index (χ0n) is 17.0. The number of aliphatic hydroxyl groups is 2. The van der Waals surface area contributed by atoms with Gasteiger partial charge in [0.05, 0.1) is 11.3 Å². The van der Waals surface area contributed by atoms with Gasteiger partial charge >= 0.3 is 6.18 Å². The van der Waals surface area contributed by atoms with Gasteiger partial charge in [0, 0.05) is 30.7 Å². The molecule has 0 aromatic carbocycles. The van der Waals surface area contributed by atoms with Crippen molar-refractivity contribution in [2.75, 3.05) is 16.8 Å². The first-order chi connectivity index (χ1) is 15.0. The lowest BCUT2D eigenvalue weighted by atomic mass is 10.1. The molecule has 0 bridgehead atoms. The minimum atomic E-state index is -4.72. The molecule has 1 saturated heterocycles. The van der Waals surface area contributed by atoms with E-state index in [2.05, 4.69) is 4.98 Å². The van der Waals surface area contributed by atoms with Gasteiger partial charge in [-0.3, -0.25) is 14.5 Å². The van der Waals surface area contributed by atoms with Gasteiger partial charge in [-0.15, -0.1) is 0 Å². The van der Waals surface area contributed by atoms with Gasteiger partial charge in [0.25, 0.3) is 11.8 Å². The number of aromatic nitrogens is 2. The normalized spacial score (nSPS) is 21.4. The highest BCUT2D eigenvalue weighted by atomic mass is 19.4. The van der Waals surface area contributed by atoms with E-state index in [-0.39, 0.29) is 5.69 Å². The predicted molar refractivity (Wildman–Crippen MR) is 108 cm³/mol. The maximum atomic E-state index is 13.3. The minimum absolute atomic E-state index is 0.0453. The van der Waals surface area contributed by atoms with Gasteiger partial charge in [-0.25, -0.2) is 4.98 Å². The number of rotatable bonds is 3. The van der Waals surface area contributed by atoms with Crippen LogP contribution in [0.1, 0.15) is 11.3 Å². The fourth-order valence-corrected chi connectivity index (χ4v) is 3.75. The van der Waals surface area contributed by atoms with E-state index in [1.165, 1.54) is 14.0 Å². The van der Waals surface area contributed by atoms with E-state index in [4.69, 9.17) is 0 Å². The Bertz CT molecular complexity index is 1210. The number of carbonyl (C=O) groups excluding carboxylic acids is 2. The molecule has 1 aliphatic rings. The number of hydrogen-bond donors (Lipinski definition) is 2. The van der Waals surface area contributed by atoms with Crippen molar-refractivity contribution in [1.29, 1.82) is 0 Å². The summed E-state index contributed by atoms with van der Waals surface area (Å²) >= 11 is 0. The third-order valence-electron chi connectivity index (χ3n) is 5.41. The number of nitrogens with zero attached hydrogens (tertiary/aromatic N) is 4. The molecular formula is C21H19F3N4O4. The van der Waals surface area contributed by atoms with Crippen LogP contribution in [0, 0.1) is 6.92 Å². The number of anilines is 2. The first-order valence-corrected chi connectivity index (χ1v) is 9.58. The maximum absolute atomic E-state index is 13.3. The average molecular weight is 448 g/mol. The smallest absolute Gasteiger partial charge is 0.387 e. The zero-order valence-corrected chi connectivity index (χ0v) is 17.0. The second kappa shape index (κ2) is 7.61. The van der Waals surface area contributed by atoms with Gasteiger partial charge in [0.15, 0.2) is 6.10 Å². The second-order valence-corrected chi connectivity index (χ2v) is 7.57. The number of pyridine rings is 2. The fraction of sp³-hybridized carbons (Fsp3) is 0.286. The monoisotopic (exact) mass is 448 g/mol. The predicted octanol–water partition coefficient (Wildman–Crippen LogP) is 1.76. The molecule has 1 aliphatic heterocycles. The lowest BCUT2D eigenvalue weighted by molar-refractivity contribution is -0.137. The summed E-state index contributed by atoms with van der Waals surface area (Å²) in [4.78, 5) is 31.6. The van der Waals surface area contributed by atoms with E-state index >= 15 is 0 Å². The van der Waals surface area contributed by atoms with Gasteiger partial charge in [0.1, 0.15) is 18.0 Å². The van der Waals surface area contributed by atoms with E-state index in [1.807, 2.05) is 6.07 Å². The largest absolute Gasteiger partial charge is 0.416 e. The molecule has 0 aliphatic carbocycles. The Balaban J connectivity index is 1.75. The zero-order chi connectivity index (χ0) is 23.4. The topological polar surface area (TPSA) is 98.4 Å². The molecular weight excluding hydrogens is 429 g/mol. The number of fused-ring (bicyclic) bond motifs is 1. The number of aliphatic hydroxyl groups excluding tert-OH is 2. The molecule has 2 amide bonds. The number of hydrogen-bond acceptors (Lipinski definition) is 5. The summed E-state index contributed by atoms with van der Waals surface area (Å²) < 4.78 is 41.6. The molecule has 3 aromatic rings. The van der Waals surface area contributed by atoms with Crippen LogP contribution in [0.5, 0.6) is 0 Å². The van der Waals surface area contributed by atoms with Gasteiger partial charge < -0.3 is 19.5 Å². The fourth-order valence-electron chi connectivity index (χ4n) is 3.75. The van der Waals surface area contributed by atoms with Crippen LogP contribution in [0.2, 0.25) is 0 Å². The summed E-state index contributed by atoms with van der Waals surface area (Å²) in [5.41, 5.74) is 0.164. The van der Waals surface area contributed by atoms with Crippen LogP contribution >= 0.6 is 0 Å². The minimum Gasteiger partial charge on any atom is -0.387 e. The van der Waals surface area contributed by atoms with Gasteiger partial charge in [-0.1, -0.05) is 0 Å². The van der Waals surface area contributed by atoms with Crippen LogP contribution in [0.15, 0.2) is 48.8 Å². The van der Waals surface area contributed by atoms with E-state index < -0.39 is 47.6 Å². The SMILES string of the molecule is Cc1cc(C(F)(F)F)cc(N2C(=O)C(O)C(O)C2C(=O)N(C)c2ccc3cccn3c2)n1. The lowest BCUT2D eigenvalue weighted by Gasteiger charge is -2.29. The molecule has 32 heavy (non-hydrogen) atoms. The molecule has 0 saturated carbocycles. The summed E-state index contributed by atoms with van der Waals surface area (Å²) in [6, 6.07) is 6.79. The molecule has 0 spiro atoms. The Hall–Kier alpha value is -3.44. The van der Waals surface area contributed by atoms with E-state index in [9.17, 15) is 33.0 Å². The van der Waals surface area contributed by atoms with Crippen LogP contribution < -0.4 is 9.80 Å². The first-order valence-electron chi connectivity index (χ1n) is 9.58. The molecule has 168 valence electrons. The molecule has 8 nitrogen and oxygen atoms in total. The molecule has 3 atom stereocenters. The third kappa shape index (κ3) is 3.59. The molecule has 4 heterocycles. The quantitative estimate of drug-likeness (QED) is 0.637. The Morgan fingerprint density at radius 3 is 2.59 bits per heavy atom. The summed E-state index contributed by atoms with van der Waals surface area (Å²) in [5.74, 6) is -2.40. The van der Waals surface area contributed by atoms with Crippen molar-refractivity contribution in [2.24, 2.45) is 0 Å². The Kier molecular flexibility index (Phi) is 5.18. The van der Waals surface area contributed by atoms with Gasteiger partial charge in [0.2, 0.25) is 0 Å². The van der Waals surface area contributed by atoms with Crippen molar-refractivity contribution in [3.8, 4) is 0 Å². The molecule has 0 radical (unpaired) electrons. The highest BCUT2D eigenvalue weighted by Gasteiger charge is 2.52. The van der Waals surface area contributed by atoms with Crippen molar-refractivity contribution in [3.63, 3.8) is 0 Å². The van der Waals surface area contributed by atoms with Crippen molar-refractivity contribution < 1.29 is 33.0 Å². The number of carbonyl (C=O) groups is 2. The third-order valence-corrected chi connectivity index (χ3v) is 5.41. The average Bonchev–Trinajstić information content (AvgIpc) is 3.29. The number of aryl methyl sites for hydroxylation is 1. The summed E-state index contributed by atoms with van der Waals surface area (Å²) in [7, 11) is 1.40. The number of amides is 2. The summed E-state index contributed by atoms with van der Waals surface area (Å²) in [5, 5.41) is 20.6. The van der Waals surface area contributed by atoms with E-state index in [1.54, 1.807) is 35.0 Å². The van der Waals surface area contributed by atoms with Crippen LogP contribution in [-0.4, -0.2) is 56.7 Å². The van der Waals surface area contributed by atoms with Crippen LogP contribution in [0.4, 0.5) is 24.7 Å².